The molecule has 3 nitrogen and oxygen atoms in total. The Morgan fingerprint density at radius 3 is 2.71 bits per heavy atom. The highest BCUT2D eigenvalue weighted by Crippen LogP contribution is 2.13. The van der Waals surface area contributed by atoms with Crippen molar-refractivity contribution in [2.75, 3.05) is 6.61 Å². The van der Waals surface area contributed by atoms with E-state index in [-0.39, 0.29) is 12.6 Å². The van der Waals surface area contributed by atoms with Crippen LogP contribution in [0, 0.1) is 0 Å². The summed E-state index contributed by atoms with van der Waals surface area (Å²) in [7, 11) is 0. The van der Waals surface area contributed by atoms with Gasteiger partial charge in [-0.05, 0) is 38.5 Å². The van der Waals surface area contributed by atoms with E-state index in [1.165, 1.54) is 0 Å². The number of benzene rings is 1. The molecule has 1 aromatic carbocycles. The van der Waals surface area contributed by atoms with Crippen molar-refractivity contribution in [2.24, 2.45) is 0 Å². The van der Waals surface area contributed by atoms with Crippen molar-refractivity contribution in [3.05, 3.63) is 41.5 Å². The Kier molecular flexibility index (Phi) is 4.46. The zero-order chi connectivity index (χ0) is 12.9. The molecule has 1 aromatic rings. The topological polar surface area (TPSA) is 46.5 Å². The predicted octanol–water partition coefficient (Wildman–Crippen LogP) is 2.65. The molecular weight excluding hydrogens is 216 g/mol. The van der Waals surface area contributed by atoms with Gasteiger partial charge in [-0.15, -0.1) is 0 Å². The van der Waals surface area contributed by atoms with Crippen LogP contribution < -0.4 is 0 Å². The van der Waals surface area contributed by atoms with Crippen molar-refractivity contribution in [3.8, 4) is 0 Å². The minimum Gasteiger partial charge on any atom is -0.456 e. The SMILES string of the molecule is CC(C)(C)OC(=O)c1cccc(C=CCO)c1. The Balaban J connectivity index is 2.84. The summed E-state index contributed by atoms with van der Waals surface area (Å²) in [5, 5.41) is 8.68. The van der Waals surface area contributed by atoms with Gasteiger partial charge in [0.2, 0.25) is 0 Å². The minimum absolute atomic E-state index is 0.0172. The van der Waals surface area contributed by atoms with Crippen LogP contribution in [0.5, 0.6) is 0 Å². The van der Waals surface area contributed by atoms with E-state index >= 15 is 0 Å². The molecule has 0 aliphatic carbocycles. The number of carbonyl (C=O) groups excluding carboxylic acids is 1. The highest BCUT2D eigenvalue weighted by Gasteiger charge is 2.17. The van der Waals surface area contributed by atoms with Crippen LogP contribution in [0.3, 0.4) is 0 Å². The Hall–Kier alpha value is -1.61. The third kappa shape index (κ3) is 4.83. The second-order valence-corrected chi connectivity index (χ2v) is 4.71. The third-order valence-corrected chi connectivity index (χ3v) is 1.94. The van der Waals surface area contributed by atoms with Crippen LogP contribution in [-0.4, -0.2) is 23.3 Å². The van der Waals surface area contributed by atoms with Crippen molar-refractivity contribution in [2.45, 2.75) is 26.4 Å². The van der Waals surface area contributed by atoms with Crippen molar-refractivity contribution < 1.29 is 14.6 Å². The summed E-state index contributed by atoms with van der Waals surface area (Å²) in [5.74, 6) is -0.336. The molecule has 1 N–H and O–H groups in total. The lowest BCUT2D eigenvalue weighted by molar-refractivity contribution is 0.00695. The highest BCUT2D eigenvalue weighted by atomic mass is 16.6. The lowest BCUT2D eigenvalue weighted by atomic mass is 10.1. The minimum atomic E-state index is -0.492. The summed E-state index contributed by atoms with van der Waals surface area (Å²) in [6.45, 7) is 5.48. The fourth-order valence-electron chi connectivity index (χ4n) is 1.30. The fraction of sp³-hybridized carbons (Fsp3) is 0.357. The van der Waals surface area contributed by atoms with E-state index in [1.807, 2.05) is 26.8 Å². The van der Waals surface area contributed by atoms with Crippen LogP contribution in [0.25, 0.3) is 6.08 Å². The molecule has 3 heteroatoms. The van der Waals surface area contributed by atoms with Crippen LogP contribution in [0.1, 0.15) is 36.7 Å². The lowest BCUT2D eigenvalue weighted by Crippen LogP contribution is -2.23. The van der Waals surface area contributed by atoms with E-state index in [2.05, 4.69) is 0 Å². The molecular formula is C14H18O3. The summed E-state index contributed by atoms with van der Waals surface area (Å²) in [6.07, 6.45) is 3.38. The Bertz CT molecular complexity index is 414. The summed E-state index contributed by atoms with van der Waals surface area (Å²) in [4.78, 5) is 11.8. The van der Waals surface area contributed by atoms with Gasteiger partial charge in [0.25, 0.3) is 0 Å². The van der Waals surface area contributed by atoms with Gasteiger partial charge >= 0.3 is 5.97 Å². The van der Waals surface area contributed by atoms with Gasteiger partial charge in [0, 0.05) is 0 Å². The Morgan fingerprint density at radius 2 is 2.12 bits per heavy atom. The van der Waals surface area contributed by atoms with Crippen molar-refractivity contribution >= 4 is 12.0 Å². The molecule has 0 aliphatic rings. The van der Waals surface area contributed by atoms with E-state index in [4.69, 9.17) is 9.84 Å². The molecule has 0 saturated carbocycles. The molecule has 0 aromatic heterocycles. The maximum absolute atomic E-state index is 11.8. The average Bonchev–Trinajstić information content (AvgIpc) is 2.24. The highest BCUT2D eigenvalue weighted by molar-refractivity contribution is 5.90. The van der Waals surface area contributed by atoms with Crippen molar-refractivity contribution in [3.63, 3.8) is 0 Å². The van der Waals surface area contributed by atoms with E-state index in [9.17, 15) is 4.79 Å². The van der Waals surface area contributed by atoms with Gasteiger partial charge in [0.05, 0.1) is 12.2 Å². The molecule has 92 valence electrons. The molecule has 0 spiro atoms. The van der Waals surface area contributed by atoms with Gasteiger partial charge in [0.1, 0.15) is 5.60 Å². The molecule has 0 aliphatic heterocycles. The fourth-order valence-corrected chi connectivity index (χ4v) is 1.30. The van der Waals surface area contributed by atoms with E-state index in [0.717, 1.165) is 5.56 Å². The summed E-state index contributed by atoms with van der Waals surface area (Å²) in [5.41, 5.74) is 0.885. The smallest absolute Gasteiger partial charge is 0.338 e. The van der Waals surface area contributed by atoms with Gasteiger partial charge in [-0.25, -0.2) is 4.79 Å². The average molecular weight is 234 g/mol. The second-order valence-electron chi connectivity index (χ2n) is 4.71. The molecule has 0 atom stereocenters. The van der Waals surface area contributed by atoms with Crippen LogP contribution in [0.4, 0.5) is 0 Å². The molecule has 0 heterocycles. The molecule has 17 heavy (non-hydrogen) atoms. The second kappa shape index (κ2) is 5.64. The first-order valence-corrected chi connectivity index (χ1v) is 5.53. The van der Waals surface area contributed by atoms with Crippen LogP contribution >= 0.6 is 0 Å². The number of aliphatic hydroxyl groups excluding tert-OH is 1. The maximum Gasteiger partial charge on any atom is 0.338 e. The largest absolute Gasteiger partial charge is 0.456 e. The van der Waals surface area contributed by atoms with Crippen molar-refractivity contribution in [1.82, 2.24) is 0 Å². The molecule has 0 unspecified atom stereocenters. The number of carbonyl (C=O) groups is 1. The van der Waals surface area contributed by atoms with Gasteiger partial charge in [-0.1, -0.05) is 24.3 Å². The standard InChI is InChI=1S/C14H18O3/c1-14(2,3)17-13(16)12-8-4-6-11(10-12)7-5-9-15/h4-8,10,15H,9H2,1-3H3. The van der Waals surface area contributed by atoms with Crippen LogP contribution in [-0.2, 0) is 4.74 Å². The maximum atomic E-state index is 11.8. The quantitative estimate of drug-likeness (QED) is 0.818. The van der Waals surface area contributed by atoms with Crippen LogP contribution in [0.15, 0.2) is 30.3 Å². The third-order valence-electron chi connectivity index (χ3n) is 1.94. The number of rotatable bonds is 3. The molecule has 0 fully saturated rings. The van der Waals surface area contributed by atoms with Gasteiger partial charge in [-0.2, -0.15) is 0 Å². The van der Waals surface area contributed by atoms with E-state index in [1.54, 1.807) is 30.4 Å². The number of hydrogen-bond donors (Lipinski definition) is 1. The number of aliphatic hydroxyl groups is 1. The first-order valence-electron chi connectivity index (χ1n) is 5.53. The van der Waals surface area contributed by atoms with E-state index < -0.39 is 5.60 Å². The number of esters is 1. The summed E-state index contributed by atoms with van der Waals surface area (Å²) >= 11 is 0. The monoisotopic (exact) mass is 234 g/mol. The normalized spacial score (nSPS) is 11.8. The van der Waals surface area contributed by atoms with Gasteiger partial charge < -0.3 is 9.84 Å². The predicted molar refractivity (Wildman–Crippen MR) is 67.7 cm³/mol. The Morgan fingerprint density at radius 1 is 1.41 bits per heavy atom. The first kappa shape index (κ1) is 13.5. The zero-order valence-electron chi connectivity index (χ0n) is 10.4. The Labute approximate surface area is 102 Å². The van der Waals surface area contributed by atoms with E-state index in [0.29, 0.717) is 5.56 Å². The summed E-state index contributed by atoms with van der Waals surface area (Å²) in [6, 6.07) is 7.10. The van der Waals surface area contributed by atoms with Gasteiger partial charge in [0.15, 0.2) is 0 Å². The molecule has 0 radical (unpaired) electrons. The first-order chi connectivity index (χ1) is 7.92. The van der Waals surface area contributed by atoms with Gasteiger partial charge in [-0.3, -0.25) is 0 Å². The summed E-state index contributed by atoms with van der Waals surface area (Å²) < 4.78 is 5.27. The van der Waals surface area contributed by atoms with Crippen LogP contribution in [0.2, 0.25) is 0 Å². The van der Waals surface area contributed by atoms with Crippen molar-refractivity contribution in [1.29, 1.82) is 0 Å². The molecule has 1 rings (SSSR count). The molecule has 0 amide bonds. The molecule has 0 saturated heterocycles. The zero-order valence-corrected chi connectivity index (χ0v) is 10.4. The molecule has 0 bridgehead atoms. The number of hydrogen-bond acceptors (Lipinski definition) is 3. The lowest BCUT2D eigenvalue weighted by Gasteiger charge is -2.19. The number of ether oxygens (including phenoxy) is 1.